The van der Waals surface area contributed by atoms with E-state index in [2.05, 4.69) is 9.88 Å². The first-order chi connectivity index (χ1) is 13.4. The molecule has 1 aromatic carbocycles. The smallest absolute Gasteiger partial charge is 0.246 e. The third kappa shape index (κ3) is 4.01. The highest BCUT2D eigenvalue weighted by Gasteiger charge is 2.31. The molecule has 1 aliphatic rings. The highest BCUT2D eigenvalue weighted by Crippen LogP contribution is 2.28. The second-order valence-electron chi connectivity index (χ2n) is 6.38. The molecule has 148 valence electrons. The van der Waals surface area contributed by atoms with Gasteiger partial charge in [-0.05, 0) is 29.6 Å². The molecule has 3 aromatic rings. The standard InChI is InChI=1S/C18H17F2N3O2S3/c19-13-3-4-15(20)17(10-13)28(24,25)23-7-5-22(6-8-23)11-14-12-27-18(21-14)16-2-1-9-26-16/h1-4,9-10,12H,5-8,11H2. The quantitative estimate of drug-likeness (QED) is 0.607. The lowest BCUT2D eigenvalue weighted by molar-refractivity contribution is 0.180. The summed E-state index contributed by atoms with van der Waals surface area (Å²) in [6.07, 6.45) is 0. The van der Waals surface area contributed by atoms with Gasteiger partial charge in [-0.3, -0.25) is 4.90 Å². The van der Waals surface area contributed by atoms with Crippen molar-refractivity contribution in [1.29, 1.82) is 0 Å². The molecule has 10 heteroatoms. The zero-order valence-corrected chi connectivity index (χ0v) is 17.2. The summed E-state index contributed by atoms with van der Waals surface area (Å²) < 4.78 is 53.8. The van der Waals surface area contributed by atoms with E-state index in [9.17, 15) is 17.2 Å². The van der Waals surface area contributed by atoms with E-state index >= 15 is 0 Å². The number of piperazine rings is 1. The maximum absolute atomic E-state index is 13.9. The lowest BCUT2D eigenvalue weighted by atomic mass is 10.3. The third-order valence-electron chi connectivity index (χ3n) is 4.51. The van der Waals surface area contributed by atoms with Crippen LogP contribution in [0.5, 0.6) is 0 Å². The molecule has 0 aliphatic carbocycles. The summed E-state index contributed by atoms with van der Waals surface area (Å²) in [6.45, 7) is 2.08. The van der Waals surface area contributed by atoms with Crippen molar-refractivity contribution < 1.29 is 17.2 Å². The van der Waals surface area contributed by atoms with Gasteiger partial charge in [0.25, 0.3) is 0 Å². The Morgan fingerprint density at radius 1 is 1.07 bits per heavy atom. The largest absolute Gasteiger partial charge is 0.295 e. The van der Waals surface area contributed by atoms with Crippen molar-refractivity contribution >= 4 is 32.7 Å². The fourth-order valence-electron chi connectivity index (χ4n) is 3.06. The van der Waals surface area contributed by atoms with Gasteiger partial charge in [0.1, 0.15) is 21.5 Å². The summed E-state index contributed by atoms with van der Waals surface area (Å²) in [5.41, 5.74) is 0.945. The highest BCUT2D eigenvalue weighted by atomic mass is 32.2. The molecular formula is C18H17F2N3O2S3. The Hall–Kier alpha value is -1.72. The number of rotatable bonds is 5. The maximum Gasteiger partial charge on any atom is 0.246 e. The van der Waals surface area contributed by atoms with Gasteiger partial charge in [0.05, 0.1) is 10.6 Å². The first-order valence-corrected chi connectivity index (χ1v) is 11.8. The Morgan fingerprint density at radius 2 is 1.86 bits per heavy atom. The summed E-state index contributed by atoms with van der Waals surface area (Å²) in [5.74, 6) is -1.71. The van der Waals surface area contributed by atoms with Crippen molar-refractivity contribution in [2.24, 2.45) is 0 Å². The molecule has 0 bridgehead atoms. The minimum absolute atomic E-state index is 0.222. The van der Waals surface area contributed by atoms with Crippen molar-refractivity contribution in [3.8, 4) is 9.88 Å². The minimum Gasteiger partial charge on any atom is -0.295 e. The zero-order valence-electron chi connectivity index (χ0n) is 14.7. The van der Waals surface area contributed by atoms with Gasteiger partial charge in [-0.2, -0.15) is 4.31 Å². The van der Waals surface area contributed by atoms with Crippen LogP contribution in [-0.4, -0.2) is 48.8 Å². The first kappa shape index (κ1) is 19.6. The number of benzene rings is 1. The van der Waals surface area contributed by atoms with E-state index < -0.39 is 26.6 Å². The predicted molar refractivity (Wildman–Crippen MR) is 106 cm³/mol. The fourth-order valence-corrected chi connectivity index (χ4v) is 6.19. The van der Waals surface area contributed by atoms with Crippen LogP contribution in [0.25, 0.3) is 9.88 Å². The highest BCUT2D eigenvalue weighted by molar-refractivity contribution is 7.89. The Balaban J connectivity index is 1.40. The number of aromatic nitrogens is 1. The van der Waals surface area contributed by atoms with Gasteiger partial charge in [0, 0.05) is 38.1 Å². The van der Waals surface area contributed by atoms with E-state index in [1.165, 1.54) is 4.31 Å². The van der Waals surface area contributed by atoms with Crippen molar-refractivity contribution in [2.45, 2.75) is 11.4 Å². The van der Waals surface area contributed by atoms with Crippen LogP contribution in [0, 0.1) is 11.6 Å². The lowest BCUT2D eigenvalue weighted by Crippen LogP contribution is -2.48. The molecule has 5 nitrogen and oxygen atoms in total. The molecule has 0 spiro atoms. The predicted octanol–water partition coefficient (Wildman–Crippen LogP) is 3.66. The SMILES string of the molecule is O=S(=O)(c1cc(F)ccc1F)N1CCN(Cc2csc(-c3cccs3)n2)CC1. The van der Waals surface area contributed by atoms with E-state index in [1.54, 1.807) is 22.7 Å². The zero-order chi connectivity index (χ0) is 19.7. The van der Waals surface area contributed by atoms with E-state index in [4.69, 9.17) is 0 Å². The molecule has 1 saturated heterocycles. The molecule has 0 radical (unpaired) electrons. The average molecular weight is 442 g/mol. The molecule has 0 saturated carbocycles. The van der Waals surface area contributed by atoms with Gasteiger partial charge in [0.15, 0.2) is 0 Å². The molecule has 0 atom stereocenters. The van der Waals surface area contributed by atoms with Crippen LogP contribution in [0.2, 0.25) is 0 Å². The molecule has 28 heavy (non-hydrogen) atoms. The second-order valence-corrected chi connectivity index (χ2v) is 10.1. The van der Waals surface area contributed by atoms with Crippen LogP contribution in [0.4, 0.5) is 8.78 Å². The molecule has 1 aliphatic heterocycles. The number of thiophene rings is 1. The number of nitrogens with zero attached hydrogens (tertiary/aromatic N) is 3. The summed E-state index contributed by atoms with van der Waals surface area (Å²) >= 11 is 3.23. The van der Waals surface area contributed by atoms with E-state index in [-0.39, 0.29) is 13.1 Å². The van der Waals surface area contributed by atoms with Crippen molar-refractivity contribution in [3.05, 3.63) is 58.4 Å². The summed E-state index contributed by atoms with van der Waals surface area (Å²) in [4.78, 5) is 7.28. The van der Waals surface area contributed by atoms with Gasteiger partial charge >= 0.3 is 0 Å². The van der Waals surface area contributed by atoms with Gasteiger partial charge in [-0.1, -0.05) is 6.07 Å². The molecule has 1 fully saturated rings. The van der Waals surface area contributed by atoms with Gasteiger partial charge in [-0.15, -0.1) is 22.7 Å². The Labute approximate surface area is 169 Å². The Morgan fingerprint density at radius 3 is 2.57 bits per heavy atom. The number of thiazole rings is 1. The van der Waals surface area contributed by atoms with Crippen molar-refractivity contribution in [2.75, 3.05) is 26.2 Å². The fraction of sp³-hybridized carbons (Fsp3) is 0.278. The average Bonchev–Trinajstić information content (AvgIpc) is 3.36. The van der Waals surface area contributed by atoms with Crippen LogP contribution >= 0.6 is 22.7 Å². The van der Waals surface area contributed by atoms with Crippen LogP contribution < -0.4 is 0 Å². The number of sulfonamides is 1. The molecule has 3 heterocycles. The van der Waals surface area contributed by atoms with Crippen LogP contribution in [-0.2, 0) is 16.6 Å². The topological polar surface area (TPSA) is 53.5 Å². The van der Waals surface area contributed by atoms with Gasteiger partial charge in [-0.25, -0.2) is 22.2 Å². The first-order valence-electron chi connectivity index (χ1n) is 8.59. The second kappa shape index (κ2) is 7.96. The molecule has 0 amide bonds. The maximum atomic E-state index is 13.9. The number of hydrogen-bond donors (Lipinski definition) is 0. The van der Waals surface area contributed by atoms with E-state index in [1.807, 2.05) is 22.9 Å². The van der Waals surface area contributed by atoms with Crippen LogP contribution in [0.15, 0.2) is 46.0 Å². The third-order valence-corrected chi connectivity index (χ3v) is 8.36. The lowest BCUT2D eigenvalue weighted by Gasteiger charge is -2.33. The van der Waals surface area contributed by atoms with Gasteiger partial charge < -0.3 is 0 Å². The molecule has 0 N–H and O–H groups in total. The Bertz CT molecular complexity index is 1060. The van der Waals surface area contributed by atoms with E-state index in [0.29, 0.717) is 19.6 Å². The van der Waals surface area contributed by atoms with E-state index in [0.717, 1.165) is 33.8 Å². The van der Waals surface area contributed by atoms with Crippen molar-refractivity contribution in [1.82, 2.24) is 14.2 Å². The van der Waals surface area contributed by atoms with Crippen LogP contribution in [0.3, 0.4) is 0 Å². The normalized spacial score (nSPS) is 16.5. The number of halogens is 2. The van der Waals surface area contributed by atoms with Gasteiger partial charge in [0.2, 0.25) is 10.0 Å². The van der Waals surface area contributed by atoms with Crippen molar-refractivity contribution in [3.63, 3.8) is 0 Å². The summed E-state index contributed by atoms with van der Waals surface area (Å²) in [6, 6.07) is 6.50. The summed E-state index contributed by atoms with van der Waals surface area (Å²) in [5, 5.41) is 5.01. The monoisotopic (exact) mass is 441 g/mol. The molecular weight excluding hydrogens is 424 g/mol. The molecule has 0 unspecified atom stereocenters. The minimum atomic E-state index is -4.06. The molecule has 2 aromatic heterocycles. The Kier molecular flexibility index (Phi) is 5.57. The summed E-state index contributed by atoms with van der Waals surface area (Å²) in [7, 11) is -4.06. The molecule has 4 rings (SSSR count). The number of hydrogen-bond acceptors (Lipinski definition) is 6. The van der Waals surface area contributed by atoms with Crippen LogP contribution in [0.1, 0.15) is 5.69 Å².